The van der Waals surface area contributed by atoms with Gasteiger partial charge in [0.05, 0.1) is 0 Å². The minimum absolute atomic E-state index is 0.0785. The Morgan fingerprint density at radius 3 is 2.29 bits per heavy atom. The normalized spacial score (nSPS) is 14.3. The predicted molar refractivity (Wildman–Crippen MR) is 89.2 cm³/mol. The molecule has 0 bridgehead atoms. The zero-order chi connectivity index (χ0) is 17.7. The molecule has 0 radical (unpaired) electrons. The largest absolute Gasteiger partial charge is 0.425 e. The lowest BCUT2D eigenvalue weighted by molar-refractivity contribution is -0.138. The number of aliphatic hydroxyl groups is 1. The highest BCUT2D eigenvalue weighted by Crippen LogP contribution is 2.36. The quantitative estimate of drug-likeness (QED) is 0.560. The van der Waals surface area contributed by atoms with Crippen LogP contribution < -0.4 is 15.8 Å². The minimum atomic E-state index is -2.01. The van der Waals surface area contributed by atoms with Crippen molar-refractivity contribution in [1.29, 1.82) is 0 Å². The first-order valence-corrected chi connectivity index (χ1v) is 7.48. The smallest absolute Gasteiger partial charge is 0.328 e. The Balaban J connectivity index is 2.60. The lowest BCUT2D eigenvalue weighted by atomic mass is 9.85. The fourth-order valence-electron chi connectivity index (χ4n) is 2.33. The summed E-state index contributed by atoms with van der Waals surface area (Å²) in [4.78, 5) is 24.3. The second kappa shape index (κ2) is 7.25. The Morgan fingerprint density at radius 2 is 1.71 bits per heavy atom. The van der Waals surface area contributed by atoms with Crippen LogP contribution in [0.2, 0.25) is 0 Å². The highest BCUT2D eigenvalue weighted by Gasteiger charge is 2.41. The summed E-state index contributed by atoms with van der Waals surface area (Å²) in [6.07, 6.45) is 0. The number of para-hydroxylation sites is 1. The number of likely N-dealkylation sites (N-methyl/N-ethyl adjacent to an activating group) is 1. The Kier molecular flexibility index (Phi) is 5.33. The van der Waals surface area contributed by atoms with Crippen molar-refractivity contribution in [3.05, 3.63) is 65.7 Å². The molecule has 0 heterocycles. The standard InChI is InChI=1S/C18H20N2O4/c1-12(19)16(21)24-15-11-7-6-10-14(15)18(23,17(22)20-2)13-8-4-3-5-9-13/h3-12,23H,19H2,1-2H3,(H,20,22)/t12-,18-/m0/s1. The molecule has 2 aromatic carbocycles. The summed E-state index contributed by atoms with van der Waals surface area (Å²) in [5.41, 5.74) is 4.03. The van der Waals surface area contributed by atoms with Gasteiger partial charge in [0.25, 0.3) is 5.91 Å². The van der Waals surface area contributed by atoms with Crippen LogP contribution in [0.4, 0.5) is 0 Å². The molecule has 24 heavy (non-hydrogen) atoms. The number of nitrogens with one attached hydrogen (secondary N) is 1. The molecule has 0 aromatic heterocycles. The van der Waals surface area contributed by atoms with Crippen LogP contribution in [0.25, 0.3) is 0 Å². The van der Waals surface area contributed by atoms with Gasteiger partial charge < -0.3 is 20.9 Å². The van der Waals surface area contributed by atoms with E-state index >= 15 is 0 Å². The second-order valence-electron chi connectivity index (χ2n) is 5.36. The molecule has 0 fully saturated rings. The Hall–Kier alpha value is -2.70. The average molecular weight is 328 g/mol. The van der Waals surface area contributed by atoms with E-state index in [1.165, 1.54) is 26.1 Å². The molecule has 126 valence electrons. The van der Waals surface area contributed by atoms with Gasteiger partial charge in [-0.15, -0.1) is 0 Å². The number of carbonyl (C=O) groups is 2. The first-order valence-electron chi connectivity index (χ1n) is 7.48. The van der Waals surface area contributed by atoms with Crippen molar-refractivity contribution in [2.24, 2.45) is 5.73 Å². The molecule has 2 rings (SSSR count). The van der Waals surface area contributed by atoms with Crippen LogP contribution in [-0.2, 0) is 15.2 Å². The van der Waals surface area contributed by atoms with Crippen molar-refractivity contribution in [1.82, 2.24) is 5.32 Å². The van der Waals surface area contributed by atoms with Crippen LogP contribution in [0.15, 0.2) is 54.6 Å². The van der Waals surface area contributed by atoms with Crippen LogP contribution in [-0.4, -0.2) is 30.1 Å². The van der Waals surface area contributed by atoms with Crippen molar-refractivity contribution >= 4 is 11.9 Å². The van der Waals surface area contributed by atoms with Crippen LogP contribution in [0.3, 0.4) is 0 Å². The molecule has 6 nitrogen and oxygen atoms in total. The van der Waals surface area contributed by atoms with Crippen molar-refractivity contribution < 1.29 is 19.4 Å². The maximum atomic E-state index is 12.5. The second-order valence-corrected chi connectivity index (χ2v) is 5.36. The Bertz CT molecular complexity index is 731. The van der Waals surface area contributed by atoms with E-state index in [1.807, 2.05) is 0 Å². The Labute approximate surface area is 140 Å². The van der Waals surface area contributed by atoms with Gasteiger partial charge in [0, 0.05) is 12.6 Å². The number of benzene rings is 2. The maximum Gasteiger partial charge on any atom is 0.328 e. The van der Waals surface area contributed by atoms with E-state index in [1.54, 1.807) is 42.5 Å². The number of carbonyl (C=O) groups excluding carboxylic acids is 2. The van der Waals surface area contributed by atoms with Gasteiger partial charge in [-0.05, 0) is 18.6 Å². The summed E-state index contributed by atoms with van der Waals surface area (Å²) in [5, 5.41) is 13.7. The third kappa shape index (κ3) is 3.29. The molecule has 0 saturated carbocycles. The van der Waals surface area contributed by atoms with Gasteiger partial charge in [-0.25, -0.2) is 4.79 Å². The molecule has 2 aromatic rings. The summed E-state index contributed by atoms with van der Waals surface area (Å²) in [7, 11) is 1.42. The summed E-state index contributed by atoms with van der Waals surface area (Å²) in [6, 6.07) is 13.9. The van der Waals surface area contributed by atoms with Crippen molar-refractivity contribution in [3.8, 4) is 5.75 Å². The highest BCUT2D eigenvalue weighted by molar-refractivity contribution is 5.91. The summed E-state index contributed by atoms with van der Waals surface area (Å²) in [6.45, 7) is 1.49. The number of nitrogens with two attached hydrogens (primary N) is 1. The number of ether oxygens (including phenoxy) is 1. The molecule has 0 aliphatic heterocycles. The fourth-order valence-corrected chi connectivity index (χ4v) is 2.33. The van der Waals surface area contributed by atoms with Gasteiger partial charge in [0.1, 0.15) is 11.8 Å². The molecule has 0 spiro atoms. The van der Waals surface area contributed by atoms with Crippen LogP contribution >= 0.6 is 0 Å². The molecular weight excluding hydrogens is 308 g/mol. The van der Waals surface area contributed by atoms with Crippen LogP contribution in [0.1, 0.15) is 18.1 Å². The van der Waals surface area contributed by atoms with Crippen molar-refractivity contribution in [2.75, 3.05) is 7.05 Å². The molecule has 6 heteroatoms. The van der Waals surface area contributed by atoms with E-state index < -0.39 is 23.5 Å². The average Bonchev–Trinajstić information content (AvgIpc) is 2.61. The summed E-state index contributed by atoms with van der Waals surface area (Å²) < 4.78 is 5.27. The monoisotopic (exact) mass is 328 g/mol. The number of rotatable bonds is 5. The van der Waals surface area contributed by atoms with Gasteiger partial charge in [-0.1, -0.05) is 48.5 Å². The van der Waals surface area contributed by atoms with Gasteiger partial charge in [-0.3, -0.25) is 4.79 Å². The number of hydrogen-bond acceptors (Lipinski definition) is 5. The molecule has 1 amide bonds. The molecule has 0 unspecified atom stereocenters. The molecule has 2 atom stereocenters. The zero-order valence-electron chi connectivity index (χ0n) is 13.5. The van der Waals surface area contributed by atoms with Gasteiger partial charge in [-0.2, -0.15) is 0 Å². The molecular formula is C18H20N2O4. The highest BCUT2D eigenvalue weighted by atomic mass is 16.5. The van der Waals surface area contributed by atoms with Crippen LogP contribution in [0.5, 0.6) is 5.75 Å². The van der Waals surface area contributed by atoms with E-state index in [9.17, 15) is 14.7 Å². The van der Waals surface area contributed by atoms with E-state index in [-0.39, 0.29) is 11.3 Å². The van der Waals surface area contributed by atoms with Crippen molar-refractivity contribution in [2.45, 2.75) is 18.6 Å². The Morgan fingerprint density at radius 1 is 1.12 bits per heavy atom. The first-order chi connectivity index (χ1) is 11.4. The maximum absolute atomic E-state index is 12.5. The van der Waals surface area contributed by atoms with E-state index in [0.29, 0.717) is 5.56 Å². The molecule has 4 N–H and O–H groups in total. The van der Waals surface area contributed by atoms with Gasteiger partial charge in [0.2, 0.25) is 0 Å². The fraction of sp³-hybridized carbons (Fsp3) is 0.222. The topological polar surface area (TPSA) is 102 Å². The lowest BCUT2D eigenvalue weighted by Crippen LogP contribution is -2.44. The zero-order valence-corrected chi connectivity index (χ0v) is 13.5. The van der Waals surface area contributed by atoms with Crippen LogP contribution in [0, 0.1) is 0 Å². The number of esters is 1. The molecule has 0 saturated heterocycles. The third-order valence-electron chi connectivity index (χ3n) is 3.61. The number of amides is 1. The third-order valence-corrected chi connectivity index (χ3v) is 3.61. The van der Waals surface area contributed by atoms with Gasteiger partial charge >= 0.3 is 5.97 Å². The van der Waals surface area contributed by atoms with Crippen molar-refractivity contribution in [3.63, 3.8) is 0 Å². The minimum Gasteiger partial charge on any atom is -0.425 e. The van der Waals surface area contributed by atoms with E-state index in [4.69, 9.17) is 10.5 Å². The SMILES string of the molecule is CNC(=O)[C@](O)(c1ccccc1)c1ccccc1OC(=O)[C@H](C)N. The number of hydrogen-bond donors (Lipinski definition) is 3. The van der Waals surface area contributed by atoms with Gasteiger partial charge in [0.15, 0.2) is 5.60 Å². The molecule has 0 aliphatic rings. The summed E-state index contributed by atoms with van der Waals surface area (Å²) in [5.74, 6) is -1.22. The predicted octanol–water partition coefficient (Wildman–Crippen LogP) is 0.921. The van der Waals surface area contributed by atoms with E-state index in [0.717, 1.165) is 0 Å². The van der Waals surface area contributed by atoms with E-state index in [2.05, 4.69) is 5.32 Å². The lowest BCUT2D eigenvalue weighted by Gasteiger charge is -2.28. The summed E-state index contributed by atoms with van der Waals surface area (Å²) >= 11 is 0. The first kappa shape index (κ1) is 17.7. The molecule has 0 aliphatic carbocycles.